The zero-order chi connectivity index (χ0) is 37.3. The first-order valence-corrected chi connectivity index (χ1v) is 22.2. The van der Waals surface area contributed by atoms with Crippen LogP contribution in [0.1, 0.15) is 239 Å². The SMILES string of the molecule is CCCCCCCCCCCCCC=CCCC(=O)OCC(COC(=O)CCCCCCCCCCC)OC(=O)CCCCCCCCCCC. The van der Waals surface area contributed by atoms with Crippen LogP contribution in [0.25, 0.3) is 0 Å². The van der Waals surface area contributed by atoms with E-state index in [1.165, 1.54) is 148 Å². The first kappa shape index (κ1) is 49.1. The van der Waals surface area contributed by atoms with Crippen LogP contribution in [0.3, 0.4) is 0 Å². The molecule has 0 heterocycles. The molecular weight excluding hydrogens is 636 g/mol. The molecule has 6 nitrogen and oxygen atoms in total. The van der Waals surface area contributed by atoms with Gasteiger partial charge in [0.1, 0.15) is 13.2 Å². The van der Waals surface area contributed by atoms with Gasteiger partial charge in [-0.1, -0.05) is 200 Å². The Kier molecular flexibility index (Phi) is 39.4. The standard InChI is InChI=1S/C45H84O6/c1-4-7-10-13-16-19-20-21-22-23-24-27-29-32-35-38-44(47)50-41-42(51-45(48)39-36-33-30-26-18-15-12-9-6-3)40-49-43(46)37-34-31-28-25-17-14-11-8-5-2/h29,32,42H,4-28,30-31,33-41H2,1-3H3. The number of carbonyl (C=O) groups is 3. The number of carbonyl (C=O) groups excluding carboxylic acids is 3. The largest absolute Gasteiger partial charge is 0.462 e. The van der Waals surface area contributed by atoms with Crippen molar-refractivity contribution in [2.45, 2.75) is 245 Å². The van der Waals surface area contributed by atoms with Gasteiger partial charge in [-0.15, -0.1) is 0 Å². The van der Waals surface area contributed by atoms with E-state index in [0.29, 0.717) is 19.3 Å². The van der Waals surface area contributed by atoms with Crippen molar-refractivity contribution < 1.29 is 28.6 Å². The van der Waals surface area contributed by atoms with Crippen LogP contribution in [-0.2, 0) is 28.6 Å². The van der Waals surface area contributed by atoms with Crippen LogP contribution in [0.15, 0.2) is 12.2 Å². The van der Waals surface area contributed by atoms with Crippen molar-refractivity contribution in [2.75, 3.05) is 13.2 Å². The summed E-state index contributed by atoms with van der Waals surface area (Å²) < 4.78 is 16.6. The molecule has 0 N–H and O–H groups in total. The van der Waals surface area contributed by atoms with Crippen molar-refractivity contribution in [3.8, 4) is 0 Å². The molecule has 0 aromatic heterocycles. The highest BCUT2D eigenvalue weighted by Crippen LogP contribution is 2.14. The van der Waals surface area contributed by atoms with E-state index in [2.05, 4.69) is 32.9 Å². The van der Waals surface area contributed by atoms with Gasteiger partial charge >= 0.3 is 17.9 Å². The van der Waals surface area contributed by atoms with Crippen LogP contribution in [0, 0.1) is 0 Å². The molecule has 0 aliphatic rings. The number of hydrogen-bond donors (Lipinski definition) is 0. The first-order valence-electron chi connectivity index (χ1n) is 22.2. The van der Waals surface area contributed by atoms with E-state index in [1.54, 1.807) is 0 Å². The Bertz CT molecular complexity index is 794. The molecule has 1 unspecified atom stereocenters. The fourth-order valence-corrected chi connectivity index (χ4v) is 6.40. The minimum atomic E-state index is -0.774. The van der Waals surface area contributed by atoms with E-state index in [9.17, 15) is 14.4 Å². The number of rotatable bonds is 40. The topological polar surface area (TPSA) is 78.9 Å². The van der Waals surface area contributed by atoms with E-state index in [0.717, 1.165) is 44.9 Å². The Labute approximate surface area is 316 Å². The van der Waals surface area contributed by atoms with E-state index >= 15 is 0 Å². The Balaban J connectivity index is 4.32. The fourth-order valence-electron chi connectivity index (χ4n) is 6.40. The van der Waals surface area contributed by atoms with Crippen LogP contribution >= 0.6 is 0 Å². The van der Waals surface area contributed by atoms with Gasteiger partial charge in [0, 0.05) is 19.3 Å². The molecule has 6 heteroatoms. The van der Waals surface area contributed by atoms with E-state index in [4.69, 9.17) is 14.2 Å². The molecule has 51 heavy (non-hydrogen) atoms. The van der Waals surface area contributed by atoms with Crippen molar-refractivity contribution >= 4 is 17.9 Å². The summed E-state index contributed by atoms with van der Waals surface area (Å²) in [5, 5.41) is 0. The molecule has 0 bridgehead atoms. The van der Waals surface area contributed by atoms with Gasteiger partial charge in [0.2, 0.25) is 0 Å². The Morgan fingerprint density at radius 3 is 1.10 bits per heavy atom. The van der Waals surface area contributed by atoms with Crippen molar-refractivity contribution in [1.29, 1.82) is 0 Å². The van der Waals surface area contributed by atoms with E-state index in [-0.39, 0.29) is 37.5 Å². The zero-order valence-electron chi connectivity index (χ0n) is 34.1. The van der Waals surface area contributed by atoms with E-state index < -0.39 is 6.10 Å². The third-order valence-electron chi connectivity index (χ3n) is 9.78. The van der Waals surface area contributed by atoms with Crippen LogP contribution < -0.4 is 0 Å². The number of hydrogen-bond acceptors (Lipinski definition) is 6. The second-order valence-electron chi connectivity index (χ2n) is 15.0. The first-order chi connectivity index (χ1) is 25.0. The minimum absolute atomic E-state index is 0.0775. The maximum atomic E-state index is 12.6. The number of allylic oxidation sites excluding steroid dienone is 2. The van der Waals surface area contributed by atoms with Gasteiger partial charge in [0.25, 0.3) is 0 Å². The van der Waals surface area contributed by atoms with Gasteiger partial charge in [-0.3, -0.25) is 14.4 Å². The zero-order valence-corrected chi connectivity index (χ0v) is 34.1. The van der Waals surface area contributed by atoms with Crippen molar-refractivity contribution in [3.63, 3.8) is 0 Å². The molecule has 0 rings (SSSR count). The molecule has 0 saturated heterocycles. The third kappa shape index (κ3) is 39.2. The average Bonchev–Trinajstić information content (AvgIpc) is 3.12. The molecule has 0 amide bonds. The molecule has 0 aliphatic heterocycles. The van der Waals surface area contributed by atoms with Gasteiger partial charge in [-0.2, -0.15) is 0 Å². The lowest BCUT2D eigenvalue weighted by Crippen LogP contribution is -2.30. The molecule has 0 aromatic rings. The van der Waals surface area contributed by atoms with Crippen LogP contribution in [0.4, 0.5) is 0 Å². The normalized spacial score (nSPS) is 12.0. The summed E-state index contributed by atoms with van der Waals surface area (Å²) >= 11 is 0. The van der Waals surface area contributed by atoms with Crippen LogP contribution in [0.5, 0.6) is 0 Å². The summed E-state index contributed by atoms with van der Waals surface area (Å²) in [7, 11) is 0. The van der Waals surface area contributed by atoms with Crippen LogP contribution in [0.2, 0.25) is 0 Å². The Morgan fingerprint density at radius 1 is 0.373 bits per heavy atom. The highest BCUT2D eigenvalue weighted by atomic mass is 16.6. The van der Waals surface area contributed by atoms with Crippen LogP contribution in [-0.4, -0.2) is 37.2 Å². The van der Waals surface area contributed by atoms with Crippen molar-refractivity contribution in [3.05, 3.63) is 12.2 Å². The van der Waals surface area contributed by atoms with Crippen molar-refractivity contribution in [2.24, 2.45) is 0 Å². The highest BCUT2D eigenvalue weighted by Gasteiger charge is 2.19. The molecule has 300 valence electrons. The molecule has 1 atom stereocenters. The number of esters is 3. The van der Waals surface area contributed by atoms with E-state index in [1.807, 2.05) is 0 Å². The quantitative estimate of drug-likeness (QED) is 0.0271. The molecular formula is C45H84O6. The summed E-state index contributed by atoms with van der Waals surface area (Å²) in [5.74, 6) is -0.929. The lowest BCUT2D eigenvalue weighted by atomic mass is 10.1. The number of ether oxygens (including phenoxy) is 3. The predicted molar refractivity (Wildman–Crippen MR) is 215 cm³/mol. The Hall–Kier alpha value is -1.85. The Morgan fingerprint density at radius 2 is 0.686 bits per heavy atom. The molecule has 0 saturated carbocycles. The number of unbranched alkanes of at least 4 members (excludes halogenated alkanes) is 27. The second-order valence-corrected chi connectivity index (χ2v) is 15.0. The minimum Gasteiger partial charge on any atom is -0.462 e. The summed E-state index contributed by atoms with van der Waals surface area (Å²) in [5.41, 5.74) is 0. The van der Waals surface area contributed by atoms with Crippen molar-refractivity contribution in [1.82, 2.24) is 0 Å². The smallest absolute Gasteiger partial charge is 0.306 e. The lowest BCUT2D eigenvalue weighted by molar-refractivity contribution is -0.166. The van der Waals surface area contributed by atoms with Gasteiger partial charge in [-0.25, -0.2) is 0 Å². The molecule has 0 aromatic carbocycles. The lowest BCUT2D eigenvalue weighted by Gasteiger charge is -2.18. The monoisotopic (exact) mass is 721 g/mol. The third-order valence-corrected chi connectivity index (χ3v) is 9.78. The predicted octanol–water partition coefficient (Wildman–Crippen LogP) is 13.9. The van der Waals surface area contributed by atoms with Gasteiger partial charge in [-0.05, 0) is 32.1 Å². The van der Waals surface area contributed by atoms with Gasteiger partial charge in [0.05, 0.1) is 0 Å². The maximum absolute atomic E-state index is 12.6. The fraction of sp³-hybridized carbons (Fsp3) is 0.889. The summed E-state index contributed by atoms with van der Waals surface area (Å²) in [4.78, 5) is 37.5. The molecule has 0 fully saturated rings. The molecule has 0 radical (unpaired) electrons. The summed E-state index contributed by atoms with van der Waals surface area (Å²) in [6.45, 7) is 6.57. The summed E-state index contributed by atoms with van der Waals surface area (Å²) in [6.07, 6.45) is 42.1. The summed E-state index contributed by atoms with van der Waals surface area (Å²) in [6, 6.07) is 0. The second kappa shape index (κ2) is 40.9. The maximum Gasteiger partial charge on any atom is 0.306 e. The van der Waals surface area contributed by atoms with Gasteiger partial charge < -0.3 is 14.2 Å². The molecule has 0 aliphatic carbocycles. The average molecular weight is 721 g/mol. The molecule has 0 spiro atoms. The highest BCUT2D eigenvalue weighted by molar-refractivity contribution is 5.71. The van der Waals surface area contributed by atoms with Gasteiger partial charge in [0.15, 0.2) is 6.10 Å².